The Morgan fingerprint density at radius 3 is 2.76 bits per heavy atom. The fourth-order valence-electron chi connectivity index (χ4n) is 3.60. The molecular formula is C19H23N3O3. The Balaban J connectivity index is 1.34. The summed E-state index contributed by atoms with van der Waals surface area (Å²) < 4.78 is 7.80. The Labute approximate surface area is 146 Å². The molecule has 2 aromatic rings. The number of ether oxygens (including phenoxy) is 1. The average molecular weight is 341 g/mol. The third kappa shape index (κ3) is 3.54. The summed E-state index contributed by atoms with van der Waals surface area (Å²) >= 11 is 0. The third-order valence-electron chi connectivity index (χ3n) is 5.12. The highest BCUT2D eigenvalue weighted by Gasteiger charge is 2.54. The minimum atomic E-state index is -0.763. The number of hydrogen-bond acceptors (Lipinski definition) is 4. The number of nitrogens with zero attached hydrogens (tertiary/aromatic N) is 2. The van der Waals surface area contributed by atoms with E-state index in [2.05, 4.69) is 10.4 Å². The van der Waals surface area contributed by atoms with Gasteiger partial charge in [0.05, 0.1) is 12.1 Å². The van der Waals surface area contributed by atoms with Gasteiger partial charge < -0.3 is 15.2 Å². The van der Waals surface area contributed by atoms with E-state index in [-0.39, 0.29) is 11.9 Å². The molecule has 2 saturated carbocycles. The molecule has 132 valence electrons. The van der Waals surface area contributed by atoms with Gasteiger partial charge in [0.15, 0.2) is 5.60 Å². The molecule has 0 radical (unpaired) electrons. The first kappa shape index (κ1) is 16.1. The van der Waals surface area contributed by atoms with Gasteiger partial charge in [-0.15, -0.1) is 0 Å². The summed E-state index contributed by atoms with van der Waals surface area (Å²) in [4.78, 5) is 12.7. The second-order valence-electron chi connectivity index (χ2n) is 7.12. The van der Waals surface area contributed by atoms with E-state index in [1.54, 1.807) is 6.20 Å². The molecule has 2 aliphatic rings. The molecule has 0 bridgehead atoms. The van der Waals surface area contributed by atoms with Crippen molar-refractivity contribution in [2.24, 2.45) is 5.92 Å². The zero-order chi connectivity index (χ0) is 17.3. The zero-order valence-electron chi connectivity index (χ0n) is 14.0. The van der Waals surface area contributed by atoms with Crippen molar-refractivity contribution in [3.63, 3.8) is 0 Å². The number of para-hydroxylation sites is 1. The second-order valence-corrected chi connectivity index (χ2v) is 7.12. The highest BCUT2D eigenvalue weighted by Crippen LogP contribution is 2.41. The number of aliphatic hydroxyl groups is 1. The molecule has 0 saturated heterocycles. The van der Waals surface area contributed by atoms with Crippen molar-refractivity contribution in [3.05, 3.63) is 48.8 Å². The molecule has 0 spiro atoms. The van der Waals surface area contributed by atoms with Gasteiger partial charge in [-0.1, -0.05) is 18.2 Å². The monoisotopic (exact) mass is 341 g/mol. The van der Waals surface area contributed by atoms with Crippen molar-refractivity contribution in [1.29, 1.82) is 0 Å². The van der Waals surface area contributed by atoms with Gasteiger partial charge in [0.2, 0.25) is 0 Å². The number of hydrogen-bond donors (Lipinski definition) is 2. The van der Waals surface area contributed by atoms with E-state index in [0.717, 1.165) is 13.0 Å². The number of nitrogens with one attached hydrogen (secondary N) is 1. The largest absolute Gasteiger partial charge is 0.477 e. The van der Waals surface area contributed by atoms with Crippen molar-refractivity contribution >= 4 is 5.91 Å². The number of benzene rings is 1. The number of rotatable bonds is 6. The van der Waals surface area contributed by atoms with Gasteiger partial charge in [0.25, 0.3) is 5.91 Å². The van der Waals surface area contributed by atoms with Gasteiger partial charge in [-0.25, -0.2) is 0 Å². The van der Waals surface area contributed by atoms with Crippen LogP contribution < -0.4 is 10.1 Å². The molecule has 1 amide bonds. The predicted molar refractivity (Wildman–Crippen MR) is 91.9 cm³/mol. The molecule has 1 heterocycles. The lowest BCUT2D eigenvalue weighted by Crippen LogP contribution is -2.48. The van der Waals surface area contributed by atoms with Gasteiger partial charge >= 0.3 is 0 Å². The molecule has 1 unspecified atom stereocenters. The van der Waals surface area contributed by atoms with E-state index in [4.69, 9.17) is 4.74 Å². The molecule has 3 atom stereocenters. The first-order chi connectivity index (χ1) is 12.1. The molecule has 2 aliphatic carbocycles. The molecule has 6 nitrogen and oxygen atoms in total. The molecule has 1 aromatic heterocycles. The molecule has 1 aromatic carbocycles. The Morgan fingerprint density at radius 2 is 2.08 bits per heavy atom. The molecule has 25 heavy (non-hydrogen) atoms. The maximum atomic E-state index is 12.7. The van der Waals surface area contributed by atoms with Crippen molar-refractivity contribution in [1.82, 2.24) is 15.1 Å². The first-order valence-electron chi connectivity index (χ1n) is 8.85. The van der Waals surface area contributed by atoms with Crippen molar-refractivity contribution in [2.45, 2.75) is 50.0 Å². The van der Waals surface area contributed by atoms with Crippen LogP contribution >= 0.6 is 0 Å². The molecule has 0 aliphatic heterocycles. The normalized spacial score (nSPS) is 27.0. The summed E-state index contributed by atoms with van der Waals surface area (Å²) in [6.45, 7) is 0.766. The summed E-state index contributed by atoms with van der Waals surface area (Å²) in [7, 11) is 0. The molecule has 2 N–H and O–H groups in total. The number of amides is 1. The fourth-order valence-corrected chi connectivity index (χ4v) is 3.60. The molecular weight excluding hydrogens is 318 g/mol. The van der Waals surface area contributed by atoms with Gasteiger partial charge in [-0.3, -0.25) is 9.48 Å². The van der Waals surface area contributed by atoms with Crippen molar-refractivity contribution in [2.75, 3.05) is 0 Å². The number of carbonyl (C=O) groups is 1. The van der Waals surface area contributed by atoms with Gasteiger partial charge in [-0.05, 0) is 37.0 Å². The van der Waals surface area contributed by atoms with Crippen LogP contribution in [0.4, 0.5) is 0 Å². The van der Waals surface area contributed by atoms with E-state index >= 15 is 0 Å². The third-order valence-corrected chi connectivity index (χ3v) is 5.12. The zero-order valence-corrected chi connectivity index (χ0v) is 14.0. The van der Waals surface area contributed by atoms with Crippen molar-refractivity contribution in [3.8, 4) is 5.75 Å². The van der Waals surface area contributed by atoms with Crippen LogP contribution in [0.5, 0.6) is 5.75 Å². The van der Waals surface area contributed by atoms with Crippen LogP contribution in [-0.4, -0.2) is 38.5 Å². The second kappa shape index (κ2) is 6.52. The molecule has 2 fully saturated rings. The average Bonchev–Trinajstić information content (AvgIpc) is 3.05. The van der Waals surface area contributed by atoms with Crippen molar-refractivity contribution < 1.29 is 14.6 Å². The Bertz CT molecular complexity index is 713. The maximum absolute atomic E-state index is 12.7. The van der Waals surface area contributed by atoms with Crippen LogP contribution in [0.2, 0.25) is 0 Å². The summed E-state index contributed by atoms with van der Waals surface area (Å²) in [5, 5.41) is 17.6. The maximum Gasteiger partial charge on any atom is 0.264 e. The minimum Gasteiger partial charge on any atom is -0.477 e. The summed E-state index contributed by atoms with van der Waals surface area (Å²) in [5.41, 5.74) is -0.763. The summed E-state index contributed by atoms with van der Waals surface area (Å²) in [5.74, 6) is 0.907. The van der Waals surface area contributed by atoms with Crippen LogP contribution in [0.1, 0.15) is 25.7 Å². The lowest BCUT2D eigenvalue weighted by Gasteiger charge is -2.22. The minimum absolute atomic E-state index is 0.111. The first-order valence-corrected chi connectivity index (χ1v) is 8.85. The van der Waals surface area contributed by atoms with E-state index in [0.29, 0.717) is 30.9 Å². The van der Waals surface area contributed by atoms with E-state index in [9.17, 15) is 9.90 Å². The van der Waals surface area contributed by atoms with Gasteiger partial charge in [0.1, 0.15) is 5.75 Å². The number of aliphatic hydroxyl groups excluding tert-OH is 1. The highest BCUT2D eigenvalue weighted by atomic mass is 16.5. The van der Waals surface area contributed by atoms with E-state index in [1.165, 1.54) is 0 Å². The lowest BCUT2D eigenvalue weighted by molar-refractivity contribution is -0.131. The van der Waals surface area contributed by atoms with E-state index < -0.39 is 11.7 Å². The fraction of sp³-hybridized carbons (Fsp3) is 0.474. The summed E-state index contributed by atoms with van der Waals surface area (Å²) in [6, 6.07) is 11.1. The number of carbonyl (C=O) groups excluding carboxylic acids is 1. The topological polar surface area (TPSA) is 76.4 Å². The Hall–Kier alpha value is -2.34. The van der Waals surface area contributed by atoms with Gasteiger partial charge in [-0.2, -0.15) is 5.10 Å². The lowest BCUT2D eigenvalue weighted by atomic mass is 10.1. The molecule has 4 rings (SSSR count). The quantitative estimate of drug-likeness (QED) is 0.839. The predicted octanol–water partition coefficient (Wildman–Crippen LogP) is 1.75. The highest BCUT2D eigenvalue weighted by molar-refractivity contribution is 5.88. The van der Waals surface area contributed by atoms with Crippen LogP contribution in [0.25, 0.3) is 0 Å². The smallest absolute Gasteiger partial charge is 0.264 e. The van der Waals surface area contributed by atoms with Gasteiger partial charge in [0, 0.05) is 31.8 Å². The van der Waals surface area contributed by atoms with Crippen LogP contribution in [0.15, 0.2) is 48.8 Å². The molecule has 6 heteroatoms. The van der Waals surface area contributed by atoms with Crippen LogP contribution in [-0.2, 0) is 11.3 Å². The summed E-state index contributed by atoms with van der Waals surface area (Å²) in [6.07, 6.45) is 6.02. The Morgan fingerprint density at radius 1 is 1.28 bits per heavy atom. The standard InChI is InChI=1S/C19H23N3O3/c23-17-12-14(13-22-10-4-9-20-22)11-16(17)21-18(24)19(7-8-19)25-15-5-2-1-3-6-15/h1-6,9-10,14,16-17,23H,7-8,11-13H2,(H,21,24)/t14?,16-,17-/m1/s1. The van der Waals surface area contributed by atoms with E-state index in [1.807, 2.05) is 47.3 Å². The Kier molecular flexibility index (Phi) is 4.21. The van der Waals surface area contributed by atoms with Crippen LogP contribution in [0, 0.1) is 5.92 Å². The number of aromatic nitrogens is 2. The SMILES string of the molecule is O=C(N[C@@H]1CC(Cn2cccn2)C[C@H]1O)C1(Oc2ccccc2)CC1. The van der Waals surface area contributed by atoms with Crippen LogP contribution in [0.3, 0.4) is 0 Å².